The van der Waals surface area contributed by atoms with Crippen LogP contribution < -0.4 is 25.4 Å². The molecule has 7 heteroatoms. The van der Waals surface area contributed by atoms with E-state index in [9.17, 15) is 4.79 Å². The van der Waals surface area contributed by atoms with E-state index in [1.165, 1.54) is 19.3 Å². The zero-order chi connectivity index (χ0) is 21.8. The Morgan fingerprint density at radius 1 is 1.13 bits per heavy atom. The first kappa shape index (κ1) is 23.8. The molecule has 0 radical (unpaired) electrons. The third kappa shape index (κ3) is 7.76. The Kier molecular flexibility index (Phi) is 10.3. The van der Waals surface area contributed by atoms with Crippen molar-refractivity contribution < 1.29 is 14.3 Å². The fraction of sp³-hybridized carbons (Fsp3) is 0.652. The zero-order valence-electron chi connectivity index (χ0n) is 18.9. The molecule has 1 amide bonds. The minimum atomic E-state index is 0.0159. The van der Waals surface area contributed by atoms with Gasteiger partial charge in [-0.05, 0) is 51.3 Å². The zero-order valence-corrected chi connectivity index (χ0v) is 18.9. The molecule has 0 aromatic heterocycles. The predicted molar refractivity (Wildman–Crippen MR) is 121 cm³/mol. The second-order valence-corrected chi connectivity index (χ2v) is 7.59. The van der Waals surface area contributed by atoms with E-state index in [0.717, 1.165) is 29.9 Å². The fourth-order valence-electron chi connectivity index (χ4n) is 3.66. The Hall–Kier alpha value is -2.44. The number of carbonyl (C=O) groups is 1. The highest BCUT2D eigenvalue weighted by atomic mass is 16.5. The topological polar surface area (TPSA) is 84.0 Å². The summed E-state index contributed by atoms with van der Waals surface area (Å²) in [6.07, 6.45) is 6.36. The lowest BCUT2D eigenvalue weighted by atomic mass is 9.95. The van der Waals surface area contributed by atoms with Crippen LogP contribution in [0, 0.1) is 0 Å². The summed E-state index contributed by atoms with van der Waals surface area (Å²) in [5, 5.41) is 9.75. The molecule has 1 saturated carbocycles. The highest BCUT2D eigenvalue weighted by Gasteiger charge is 2.16. The van der Waals surface area contributed by atoms with Crippen molar-refractivity contribution in [1.29, 1.82) is 0 Å². The van der Waals surface area contributed by atoms with Crippen LogP contribution in [0.4, 0.5) is 0 Å². The number of carbonyl (C=O) groups excluding carboxylic acids is 1. The van der Waals surface area contributed by atoms with E-state index in [1.807, 2.05) is 32.0 Å². The second kappa shape index (κ2) is 13.0. The number of benzene rings is 1. The van der Waals surface area contributed by atoms with Gasteiger partial charge in [-0.1, -0.05) is 25.3 Å². The van der Waals surface area contributed by atoms with Gasteiger partial charge >= 0.3 is 0 Å². The molecule has 1 unspecified atom stereocenters. The van der Waals surface area contributed by atoms with Crippen LogP contribution in [0.2, 0.25) is 0 Å². The first-order chi connectivity index (χ1) is 14.6. The molecule has 1 aliphatic carbocycles. The van der Waals surface area contributed by atoms with Gasteiger partial charge in [0.2, 0.25) is 5.91 Å². The largest absolute Gasteiger partial charge is 0.490 e. The number of hydrogen-bond donors (Lipinski definition) is 3. The second-order valence-electron chi connectivity index (χ2n) is 7.59. The van der Waals surface area contributed by atoms with Gasteiger partial charge in [-0.15, -0.1) is 0 Å². The van der Waals surface area contributed by atoms with Crippen molar-refractivity contribution in [2.75, 3.05) is 26.8 Å². The number of ether oxygens (including phenoxy) is 2. The summed E-state index contributed by atoms with van der Waals surface area (Å²) in [5.41, 5.74) is 1.07. The van der Waals surface area contributed by atoms with Crippen LogP contribution in [0.3, 0.4) is 0 Å². The van der Waals surface area contributed by atoms with Gasteiger partial charge in [0.15, 0.2) is 17.5 Å². The van der Waals surface area contributed by atoms with Crippen LogP contribution in [0.1, 0.15) is 70.9 Å². The van der Waals surface area contributed by atoms with Crippen LogP contribution in [0.5, 0.6) is 11.5 Å². The van der Waals surface area contributed by atoms with Crippen molar-refractivity contribution in [3.8, 4) is 11.5 Å². The van der Waals surface area contributed by atoms with E-state index in [-0.39, 0.29) is 11.9 Å². The van der Waals surface area contributed by atoms with Crippen molar-refractivity contribution in [1.82, 2.24) is 16.0 Å². The molecule has 0 spiro atoms. The summed E-state index contributed by atoms with van der Waals surface area (Å²) in [6.45, 7) is 7.70. The van der Waals surface area contributed by atoms with Crippen LogP contribution in [-0.4, -0.2) is 44.7 Å². The van der Waals surface area contributed by atoms with E-state index in [1.54, 1.807) is 7.05 Å². The number of guanidine groups is 1. The number of amides is 1. The first-order valence-corrected chi connectivity index (χ1v) is 11.2. The normalized spacial score (nSPS) is 15.9. The molecular formula is C23H38N4O3. The third-order valence-electron chi connectivity index (χ3n) is 5.26. The van der Waals surface area contributed by atoms with E-state index in [4.69, 9.17) is 9.47 Å². The maximum Gasteiger partial charge on any atom is 0.221 e. The lowest BCUT2D eigenvalue weighted by molar-refractivity contribution is -0.121. The number of aliphatic imine (C=N–C) groups is 1. The molecule has 1 atom stereocenters. The molecule has 1 fully saturated rings. The molecular weight excluding hydrogens is 380 g/mol. The summed E-state index contributed by atoms with van der Waals surface area (Å²) in [7, 11) is 1.73. The monoisotopic (exact) mass is 418 g/mol. The molecule has 0 aliphatic heterocycles. The van der Waals surface area contributed by atoms with E-state index in [0.29, 0.717) is 38.2 Å². The molecule has 1 aliphatic rings. The van der Waals surface area contributed by atoms with Crippen molar-refractivity contribution in [2.45, 2.75) is 71.4 Å². The van der Waals surface area contributed by atoms with E-state index >= 15 is 0 Å². The Morgan fingerprint density at radius 2 is 1.83 bits per heavy atom. The van der Waals surface area contributed by atoms with Gasteiger partial charge in [-0.25, -0.2) is 0 Å². The average Bonchev–Trinajstić information content (AvgIpc) is 2.75. The van der Waals surface area contributed by atoms with Crippen molar-refractivity contribution in [3.05, 3.63) is 23.8 Å². The molecule has 30 heavy (non-hydrogen) atoms. The minimum absolute atomic E-state index is 0.0159. The van der Waals surface area contributed by atoms with Crippen molar-refractivity contribution in [3.63, 3.8) is 0 Å². The summed E-state index contributed by atoms with van der Waals surface area (Å²) < 4.78 is 11.4. The summed E-state index contributed by atoms with van der Waals surface area (Å²) in [5.74, 6) is 2.26. The van der Waals surface area contributed by atoms with Gasteiger partial charge < -0.3 is 25.4 Å². The Morgan fingerprint density at radius 3 is 2.50 bits per heavy atom. The van der Waals surface area contributed by atoms with Gasteiger partial charge in [0, 0.05) is 26.1 Å². The van der Waals surface area contributed by atoms with Crippen LogP contribution in [-0.2, 0) is 4.79 Å². The van der Waals surface area contributed by atoms with Crippen molar-refractivity contribution >= 4 is 11.9 Å². The first-order valence-electron chi connectivity index (χ1n) is 11.2. The molecule has 2 rings (SSSR count). The maximum atomic E-state index is 12.2. The number of nitrogens with zero attached hydrogens (tertiary/aromatic N) is 1. The van der Waals surface area contributed by atoms with Gasteiger partial charge in [0.25, 0.3) is 0 Å². The predicted octanol–water partition coefficient (Wildman–Crippen LogP) is 3.55. The highest BCUT2D eigenvalue weighted by Crippen LogP contribution is 2.30. The van der Waals surface area contributed by atoms with Crippen molar-refractivity contribution in [2.24, 2.45) is 4.99 Å². The Balaban J connectivity index is 1.83. The molecule has 1 aromatic rings. The molecule has 0 saturated heterocycles. The van der Waals surface area contributed by atoms with E-state index in [2.05, 4.69) is 27.9 Å². The van der Waals surface area contributed by atoms with E-state index < -0.39 is 0 Å². The average molecular weight is 419 g/mol. The number of hydrogen-bond acceptors (Lipinski definition) is 4. The standard InChI is InChI=1S/C23H38N4O3/c1-5-29-20-13-12-18(16-21(20)30-6-2)17(3)26-23(24-4)25-15-14-22(28)27-19-10-8-7-9-11-19/h12-13,16-17,19H,5-11,14-15H2,1-4H3,(H,27,28)(H2,24,25,26). The fourth-order valence-corrected chi connectivity index (χ4v) is 3.66. The quantitative estimate of drug-likeness (QED) is 0.400. The Bertz CT molecular complexity index is 687. The van der Waals surface area contributed by atoms with Crippen LogP contribution >= 0.6 is 0 Å². The molecule has 0 bridgehead atoms. The number of nitrogens with one attached hydrogen (secondary N) is 3. The van der Waals surface area contributed by atoms with Gasteiger partial charge in [0.05, 0.1) is 19.3 Å². The molecule has 3 N–H and O–H groups in total. The smallest absolute Gasteiger partial charge is 0.221 e. The van der Waals surface area contributed by atoms with Crippen LogP contribution in [0.15, 0.2) is 23.2 Å². The lowest BCUT2D eigenvalue weighted by Crippen LogP contribution is -2.42. The Labute approximate surface area is 181 Å². The third-order valence-corrected chi connectivity index (χ3v) is 5.26. The molecule has 0 heterocycles. The minimum Gasteiger partial charge on any atom is -0.490 e. The maximum absolute atomic E-state index is 12.2. The summed E-state index contributed by atoms with van der Waals surface area (Å²) >= 11 is 0. The number of rotatable bonds is 10. The molecule has 1 aromatic carbocycles. The van der Waals surface area contributed by atoms with Gasteiger partial charge in [-0.3, -0.25) is 9.79 Å². The van der Waals surface area contributed by atoms with Gasteiger partial charge in [0.1, 0.15) is 0 Å². The molecule has 7 nitrogen and oxygen atoms in total. The summed E-state index contributed by atoms with van der Waals surface area (Å²) in [6, 6.07) is 6.33. The van der Waals surface area contributed by atoms with Gasteiger partial charge in [-0.2, -0.15) is 0 Å². The molecule has 168 valence electrons. The summed E-state index contributed by atoms with van der Waals surface area (Å²) in [4.78, 5) is 16.5. The lowest BCUT2D eigenvalue weighted by Gasteiger charge is -2.23. The van der Waals surface area contributed by atoms with Crippen LogP contribution in [0.25, 0.3) is 0 Å². The highest BCUT2D eigenvalue weighted by molar-refractivity contribution is 5.81. The SMILES string of the molecule is CCOc1ccc(C(C)NC(=NC)NCCC(=O)NC2CCCCC2)cc1OCC.